The third-order valence-corrected chi connectivity index (χ3v) is 4.19. The van der Waals surface area contributed by atoms with Gasteiger partial charge in [-0.3, -0.25) is 0 Å². The quantitative estimate of drug-likeness (QED) is 0.882. The van der Waals surface area contributed by atoms with E-state index in [1.165, 1.54) is 6.07 Å². The first-order chi connectivity index (χ1) is 9.95. The molecule has 0 radical (unpaired) electrons. The van der Waals surface area contributed by atoms with Crippen molar-refractivity contribution in [2.75, 3.05) is 24.5 Å². The Morgan fingerprint density at radius 2 is 2.05 bits per heavy atom. The Balaban J connectivity index is 2.25. The monoisotopic (exact) mass is 300 g/mol. The predicted octanol–water partition coefficient (Wildman–Crippen LogP) is 4.05. The summed E-state index contributed by atoms with van der Waals surface area (Å²) in [6, 6.07) is 4.74. The Morgan fingerprint density at radius 3 is 2.62 bits per heavy atom. The summed E-state index contributed by atoms with van der Waals surface area (Å²) in [5.74, 6) is 0.598. The number of anilines is 1. The number of rotatable bonds is 5. The lowest BCUT2D eigenvalue weighted by Gasteiger charge is -2.22. The number of nitrogens with zero attached hydrogens (tertiary/aromatic N) is 1. The normalized spacial score (nSPS) is 19.3. The van der Waals surface area contributed by atoms with Gasteiger partial charge in [-0.15, -0.1) is 0 Å². The number of hydrogen-bond acceptors (Lipinski definition) is 2. The smallest absolute Gasteiger partial charge is 0.371 e. The van der Waals surface area contributed by atoms with E-state index in [0.717, 1.165) is 25.9 Å². The lowest BCUT2D eigenvalue weighted by molar-refractivity contribution is -0.138. The highest BCUT2D eigenvalue weighted by Crippen LogP contribution is 2.36. The summed E-state index contributed by atoms with van der Waals surface area (Å²) >= 11 is 0. The Morgan fingerprint density at radius 1 is 1.29 bits per heavy atom. The van der Waals surface area contributed by atoms with E-state index >= 15 is 0 Å². The molecule has 1 fully saturated rings. The molecule has 1 heterocycles. The maximum atomic E-state index is 13.2. The van der Waals surface area contributed by atoms with Gasteiger partial charge in [0.25, 0.3) is 0 Å². The van der Waals surface area contributed by atoms with Gasteiger partial charge in [-0.2, -0.15) is 13.2 Å². The zero-order chi connectivity index (χ0) is 15.5. The number of benzene rings is 1. The van der Waals surface area contributed by atoms with Crippen LogP contribution >= 0.6 is 0 Å². The Hall–Kier alpha value is -1.23. The minimum Gasteiger partial charge on any atom is -0.371 e. The van der Waals surface area contributed by atoms with Crippen molar-refractivity contribution in [1.29, 1.82) is 0 Å². The highest BCUT2D eigenvalue weighted by molar-refractivity contribution is 5.52. The van der Waals surface area contributed by atoms with Crippen LogP contribution < -0.4 is 10.2 Å². The highest BCUT2D eigenvalue weighted by Gasteiger charge is 2.34. The van der Waals surface area contributed by atoms with Crippen LogP contribution in [0.15, 0.2) is 18.2 Å². The molecule has 0 aliphatic carbocycles. The van der Waals surface area contributed by atoms with Crippen LogP contribution in [-0.4, -0.2) is 19.6 Å². The van der Waals surface area contributed by atoms with Gasteiger partial charge in [0.1, 0.15) is 0 Å². The summed E-state index contributed by atoms with van der Waals surface area (Å²) < 4.78 is 39.7. The van der Waals surface area contributed by atoms with E-state index in [2.05, 4.69) is 17.1 Å². The first-order valence-corrected chi connectivity index (χ1v) is 7.61. The second-order valence-corrected chi connectivity index (χ2v) is 5.63. The zero-order valence-corrected chi connectivity index (χ0v) is 12.6. The van der Waals surface area contributed by atoms with E-state index in [9.17, 15) is 13.2 Å². The van der Waals surface area contributed by atoms with Gasteiger partial charge in [-0.25, -0.2) is 0 Å². The standard InChI is InChI=1S/C16H23F3N2/c1-3-12-7-8-21(11-12)14-6-5-13(10-20-4-2)15(9-14)16(17,18)19/h5-6,9,12,20H,3-4,7-8,10-11H2,1-2H3. The van der Waals surface area contributed by atoms with E-state index in [1.807, 2.05) is 13.0 Å². The molecule has 1 saturated heterocycles. The molecule has 2 rings (SSSR count). The SMILES string of the molecule is CCNCc1ccc(N2CCC(CC)C2)cc1C(F)(F)F. The maximum Gasteiger partial charge on any atom is 0.416 e. The van der Waals surface area contributed by atoms with E-state index in [4.69, 9.17) is 0 Å². The van der Waals surface area contributed by atoms with Crippen molar-refractivity contribution in [3.63, 3.8) is 0 Å². The zero-order valence-electron chi connectivity index (χ0n) is 12.6. The summed E-state index contributed by atoms with van der Waals surface area (Å²) in [5.41, 5.74) is 0.499. The highest BCUT2D eigenvalue weighted by atomic mass is 19.4. The number of nitrogens with one attached hydrogen (secondary N) is 1. The van der Waals surface area contributed by atoms with E-state index in [0.29, 0.717) is 23.7 Å². The Bertz CT molecular complexity index is 471. The van der Waals surface area contributed by atoms with Crippen LogP contribution in [0.4, 0.5) is 18.9 Å². The van der Waals surface area contributed by atoms with Crippen LogP contribution in [0.3, 0.4) is 0 Å². The minimum absolute atomic E-state index is 0.253. The summed E-state index contributed by atoms with van der Waals surface area (Å²) in [6.07, 6.45) is -2.15. The molecule has 118 valence electrons. The summed E-state index contributed by atoms with van der Waals surface area (Å²) in [7, 11) is 0. The summed E-state index contributed by atoms with van der Waals surface area (Å²) in [5, 5.41) is 2.97. The molecule has 0 saturated carbocycles. The molecule has 1 aromatic carbocycles. The topological polar surface area (TPSA) is 15.3 Å². The fourth-order valence-corrected chi connectivity index (χ4v) is 2.84. The third kappa shape index (κ3) is 3.90. The van der Waals surface area contributed by atoms with Gasteiger partial charge in [0.15, 0.2) is 0 Å². The lowest BCUT2D eigenvalue weighted by atomic mass is 10.0. The Labute approximate surface area is 124 Å². The molecule has 0 bridgehead atoms. The van der Waals surface area contributed by atoms with E-state index in [-0.39, 0.29) is 6.54 Å². The maximum absolute atomic E-state index is 13.2. The molecule has 0 aromatic heterocycles. The number of hydrogen-bond donors (Lipinski definition) is 1. The molecule has 1 atom stereocenters. The predicted molar refractivity (Wildman–Crippen MR) is 79.4 cm³/mol. The van der Waals surface area contributed by atoms with Crippen molar-refractivity contribution in [2.24, 2.45) is 5.92 Å². The van der Waals surface area contributed by atoms with Gasteiger partial charge in [0, 0.05) is 25.3 Å². The van der Waals surface area contributed by atoms with Gasteiger partial charge in [-0.1, -0.05) is 26.3 Å². The molecule has 1 N–H and O–H groups in total. The molecule has 0 spiro atoms. The molecule has 0 amide bonds. The second-order valence-electron chi connectivity index (χ2n) is 5.63. The molecule has 2 nitrogen and oxygen atoms in total. The van der Waals surface area contributed by atoms with Crippen LogP contribution in [0.5, 0.6) is 0 Å². The van der Waals surface area contributed by atoms with Gasteiger partial charge in [-0.05, 0) is 36.6 Å². The van der Waals surface area contributed by atoms with Crippen molar-refractivity contribution < 1.29 is 13.2 Å². The van der Waals surface area contributed by atoms with Crippen molar-refractivity contribution in [2.45, 2.75) is 39.4 Å². The van der Waals surface area contributed by atoms with Gasteiger partial charge in [0.05, 0.1) is 5.56 Å². The molecule has 1 aromatic rings. The first kappa shape index (κ1) is 16.1. The number of alkyl halides is 3. The van der Waals surface area contributed by atoms with Crippen molar-refractivity contribution >= 4 is 5.69 Å². The third-order valence-electron chi connectivity index (χ3n) is 4.19. The van der Waals surface area contributed by atoms with E-state index < -0.39 is 11.7 Å². The summed E-state index contributed by atoms with van der Waals surface area (Å²) in [4.78, 5) is 2.07. The van der Waals surface area contributed by atoms with Gasteiger partial charge in [0.2, 0.25) is 0 Å². The lowest BCUT2D eigenvalue weighted by Crippen LogP contribution is -2.22. The average molecular weight is 300 g/mol. The van der Waals surface area contributed by atoms with Crippen molar-refractivity contribution in [1.82, 2.24) is 5.32 Å². The molecular weight excluding hydrogens is 277 g/mol. The van der Waals surface area contributed by atoms with Gasteiger partial charge < -0.3 is 10.2 Å². The summed E-state index contributed by atoms with van der Waals surface area (Å²) in [6.45, 7) is 6.64. The van der Waals surface area contributed by atoms with Crippen LogP contribution in [0.25, 0.3) is 0 Å². The molecule has 21 heavy (non-hydrogen) atoms. The molecule has 1 unspecified atom stereocenters. The minimum atomic E-state index is -4.30. The van der Waals surface area contributed by atoms with Crippen molar-refractivity contribution in [3.05, 3.63) is 29.3 Å². The largest absolute Gasteiger partial charge is 0.416 e. The molecule has 1 aliphatic rings. The molecular formula is C16H23F3N2. The second kappa shape index (κ2) is 6.69. The fraction of sp³-hybridized carbons (Fsp3) is 0.625. The molecule has 1 aliphatic heterocycles. The van der Waals surface area contributed by atoms with Crippen LogP contribution in [0.2, 0.25) is 0 Å². The first-order valence-electron chi connectivity index (χ1n) is 7.61. The average Bonchev–Trinajstić information content (AvgIpc) is 2.93. The Kier molecular flexibility index (Phi) is 5.14. The van der Waals surface area contributed by atoms with Crippen LogP contribution in [0.1, 0.15) is 37.8 Å². The van der Waals surface area contributed by atoms with Gasteiger partial charge >= 0.3 is 6.18 Å². The number of halogens is 3. The fourth-order valence-electron chi connectivity index (χ4n) is 2.84. The van der Waals surface area contributed by atoms with Crippen LogP contribution in [-0.2, 0) is 12.7 Å². The van der Waals surface area contributed by atoms with Crippen LogP contribution in [0, 0.1) is 5.92 Å². The van der Waals surface area contributed by atoms with E-state index in [1.54, 1.807) is 6.07 Å². The molecule has 5 heteroatoms. The van der Waals surface area contributed by atoms with Crippen molar-refractivity contribution in [3.8, 4) is 0 Å².